The van der Waals surface area contributed by atoms with Gasteiger partial charge in [0.15, 0.2) is 5.78 Å². The van der Waals surface area contributed by atoms with Gasteiger partial charge in [0.25, 0.3) is 0 Å². The number of esters is 1. The SMILES string of the molecule is CC1=NC2=C(C(=O)CC(c3ccccc3)C2)C(c2c[nH]c3ccccc23)C1C(=O)OC1CCCC1. The van der Waals surface area contributed by atoms with Crippen molar-refractivity contribution < 1.29 is 14.3 Å². The lowest BCUT2D eigenvalue weighted by Crippen LogP contribution is -2.39. The third-order valence-corrected chi connectivity index (χ3v) is 7.95. The van der Waals surface area contributed by atoms with Crippen LogP contribution in [0.5, 0.6) is 0 Å². The number of H-pyrrole nitrogens is 1. The zero-order valence-corrected chi connectivity index (χ0v) is 20.0. The molecule has 178 valence electrons. The van der Waals surface area contributed by atoms with E-state index in [1.807, 2.05) is 49.5 Å². The summed E-state index contributed by atoms with van der Waals surface area (Å²) in [6, 6.07) is 18.3. The summed E-state index contributed by atoms with van der Waals surface area (Å²) in [7, 11) is 0. The van der Waals surface area contributed by atoms with Crippen LogP contribution in [0.25, 0.3) is 10.9 Å². The Bertz CT molecular complexity index is 1340. The molecule has 3 aliphatic rings. The fourth-order valence-electron chi connectivity index (χ4n) is 6.26. The molecule has 2 aliphatic carbocycles. The number of fused-ring (bicyclic) bond motifs is 1. The highest BCUT2D eigenvalue weighted by molar-refractivity contribution is 6.10. The number of hydrogen-bond acceptors (Lipinski definition) is 4. The van der Waals surface area contributed by atoms with Gasteiger partial charge in [-0.15, -0.1) is 0 Å². The van der Waals surface area contributed by atoms with E-state index in [0.29, 0.717) is 18.4 Å². The summed E-state index contributed by atoms with van der Waals surface area (Å²) in [6.07, 6.45) is 7.08. The zero-order valence-electron chi connectivity index (χ0n) is 20.0. The molecule has 0 amide bonds. The number of aromatic nitrogens is 1. The Morgan fingerprint density at radius 1 is 1.00 bits per heavy atom. The molecule has 35 heavy (non-hydrogen) atoms. The Morgan fingerprint density at radius 2 is 1.74 bits per heavy atom. The standard InChI is InChI=1S/C30H30N2O3/c1-18-27(30(34)35-21-11-5-6-12-21)28(23-17-31-24-14-8-7-13-22(23)24)29-25(32-18)15-20(16-26(29)33)19-9-3-2-4-10-19/h2-4,7-10,13-14,17,20-21,27-28,31H,5-6,11-12,15-16H2,1H3. The molecule has 1 N–H and O–H groups in total. The molecule has 1 saturated carbocycles. The number of hydrogen-bond donors (Lipinski definition) is 1. The van der Waals surface area contributed by atoms with E-state index in [1.54, 1.807) is 0 Å². The highest BCUT2D eigenvalue weighted by atomic mass is 16.5. The Balaban J connectivity index is 1.45. The van der Waals surface area contributed by atoms with Crippen LogP contribution in [0.4, 0.5) is 0 Å². The molecule has 3 unspecified atom stereocenters. The maximum absolute atomic E-state index is 13.8. The van der Waals surface area contributed by atoms with Gasteiger partial charge in [0, 0.05) is 46.4 Å². The van der Waals surface area contributed by atoms with Gasteiger partial charge in [-0.2, -0.15) is 0 Å². The Kier molecular flexibility index (Phi) is 5.63. The average Bonchev–Trinajstić information content (AvgIpc) is 3.53. The van der Waals surface area contributed by atoms with E-state index < -0.39 is 11.8 Å². The fraction of sp³-hybridized carbons (Fsp3) is 0.367. The summed E-state index contributed by atoms with van der Waals surface area (Å²) in [6.45, 7) is 1.92. The van der Waals surface area contributed by atoms with Crippen molar-refractivity contribution in [3.8, 4) is 0 Å². The maximum atomic E-state index is 13.8. The lowest BCUT2D eigenvalue weighted by Gasteiger charge is -2.36. The van der Waals surface area contributed by atoms with Crippen LogP contribution in [-0.2, 0) is 14.3 Å². The van der Waals surface area contributed by atoms with E-state index in [0.717, 1.165) is 59.1 Å². The third-order valence-electron chi connectivity index (χ3n) is 7.95. The first-order valence-corrected chi connectivity index (χ1v) is 12.7. The number of ketones is 1. The number of Topliss-reactive ketones (excluding diaryl/α,β-unsaturated/α-hetero) is 1. The van der Waals surface area contributed by atoms with E-state index in [1.165, 1.54) is 0 Å². The van der Waals surface area contributed by atoms with E-state index in [9.17, 15) is 9.59 Å². The second-order valence-corrected chi connectivity index (χ2v) is 10.1. The number of carbonyl (C=O) groups excluding carboxylic acids is 2. The number of aliphatic imine (C=N–C) groups is 1. The van der Waals surface area contributed by atoms with E-state index in [2.05, 4.69) is 23.2 Å². The van der Waals surface area contributed by atoms with Crippen molar-refractivity contribution in [3.05, 3.63) is 83.2 Å². The van der Waals surface area contributed by atoms with Crippen LogP contribution in [-0.4, -0.2) is 28.6 Å². The van der Waals surface area contributed by atoms with Gasteiger partial charge in [-0.05, 0) is 62.1 Å². The molecule has 0 radical (unpaired) electrons. The molecule has 0 bridgehead atoms. The highest BCUT2D eigenvalue weighted by Crippen LogP contribution is 2.48. The number of nitrogens with zero attached hydrogens (tertiary/aromatic N) is 1. The number of benzene rings is 2. The molecular formula is C30H30N2O3. The number of rotatable bonds is 4. The number of aromatic amines is 1. The number of ether oxygens (including phenoxy) is 1. The van der Waals surface area contributed by atoms with Crippen LogP contribution in [0.3, 0.4) is 0 Å². The summed E-state index contributed by atoms with van der Waals surface area (Å²) in [5.74, 6) is -1.05. The third kappa shape index (κ3) is 3.93. The fourth-order valence-corrected chi connectivity index (χ4v) is 6.26. The molecule has 5 nitrogen and oxygen atoms in total. The lowest BCUT2D eigenvalue weighted by molar-refractivity contribution is -0.151. The summed E-state index contributed by atoms with van der Waals surface area (Å²) in [4.78, 5) is 35.7. The van der Waals surface area contributed by atoms with Crippen molar-refractivity contribution in [1.82, 2.24) is 4.98 Å². The molecule has 1 aromatic heterocycles. The quantitative estimate of drug-likeness (QED) is 0.463. The van der Waals surface area contributed by atoms with Crippen LogP contribution < -0.4 is 0 Å². The number of para-hydroxylation sites is 1. The number of nitrogens with one attached hydrogen (secondary N) is 1. The molecule has 5 heteroatoms. The van der Waals surface area contributed by atoms with E-state index >= 15 is 0 Å². The maximum Gasteiger partial charge on any atom is 0.315 e. The second-order valence-electron chi connectivity index (χ2n) is 10.1. The zero-order chi connectivity index (χ0) is 23.9. The van der Waals surface area contributed by atoms with Gasteiger partial charge in [0.1, 0.15) is 12.0 Å². The van der Waals surface area contributed by atoms with Crippen molar-refractivity contribution in [1.29, 1.82) is 0 Å². The van der Waals surface area contributed by atoms with Crippen molar-refractivity contribution in [2.24, 2.45) is 10.9 Å². The molecule has 1 aliphatic heterocycles. The van der Waals surface area contributed by atoms with Gasteiger partial charge in [0.2, 0.25) is 0 Å². The molecular weight excluding hydrogens is 436 g/mol. The largest absolute Gasteiger partial charge is 0.462 e. The molecule has 2 heterocycles. The van der Waals surface area contributed by atoms with E-state index in [-0.39, 0.29) is 23.8 Å². The van der Waals surface area contributed by atoms with E-state index in [4.69, 9.17) is 9.73 Å². The van der Waals surface area contributed by atoms with Gasteiger partial charge in [-0.1, -0.05) is 48.5 Å². The van der Waals surface area contributed by atoms with Crippen LogP contribution in [0.1, 0.15) is 68.4 Å². The minimum Gasteiger partial charge on any atom is -0.462 e. The molecule has 0 saturated heterocycles. The van der Waals surface area contributed by atoms with Gasteiger partial charge < -0.3 is 9.72 Å². The minimum atomic E-state index is -0.592. The summed E-state index contributed by atoms with van der Waals surface area (Å²) in [5.41, 5.74) is 5.39. The smallest absolute Gasteiger partial charge is 0.315 e. The van der Waals surface area contributed by atoms with Crippen LogP contribution in [0.2, 0.25) is 0 Å². The number of allylic oxidation sites excluding steroid dienone is 2. The van der Waals surface area contributed by atoms with Gasteiger partial charge >= 0.3 is 5.97 Å². The second kappa shape index (κ2) is 8.95. The summed E-state index contributed by atoms with van der Waals surface area (Å²) < 4.78 is 6.00. The van der Waals surface area contributed by atoms with Crippen molar-refractivity contribution in [3.63, 3.8) is 0 Å². The molecule has 3 aromatic rings. The molecule has 0 spiro atoms. The first kappa shape index (κ1) is 22.0. The monoisotopic (exact) mass is 466 g/mol. The highest BCUT2D eigenvalue weighted by Gasteiger charge is 2.46. The molecule has 6 rings (SSSR count). The molecule has 1 fully saturated rings. The van der Waals surface area contributed by atoms with Crippen molar-refractivity contribution >= 4 is 28.4 Å². The van der Waals surface area contributed by atoms with Crippen LogP contribution in [0, 0.1) is 5.92 Å². The topological polar surface area (TPSA) is 71.5 Å². The van der Waals surface area contributed by atoms with Crippen molar-refractivity contribution in [2.45, 2.75) is 63.4 Å². The Labute approximate surface area is 205 Å². The first-order chi connectivity index (χ1) is 17.1. The van der Waals surface area contributed by atoms with Crippen LogP contribution in [0.15, 0.2) is 77.1 Å². The average molecular weight is 467 g/mol. The molecule has 3 atom stereocenters. The molecule has 2 aromatic carbocycles. The van der Waals surface area contributed by atoms with Gasteiger partial charge in [0.05, 0.1) is 0 Å². The van der Waals surface area contributed by atoms with Crippen molar-refractivity contribution in [2.75, 3.05) is 0 Å². The van der Waals surface area contributed by atoms with Gasteiger partial charge in [-0.3, -0.25) is 14.6 Å². The lowest BCUT2D eigenvalue weighted by atomic mass is 9.69. The summed E-state index contributed by atoms with van der Waals surface area (Å²) >= 11 is 0. The predicted molar refractivity (Wildman–Crippen MR) is 136 cm³/mol. The minimum absolute atomic E-state index is 0.0289. The Hall–Kier alpha value is -3.47. The van der Waals surface area contributed by atoms with Crippen LogP contribution >= 0.6 is 0 Å². The number of carbonyl (C=O) groups is 2. The summed E-state index contributed by atoms with van der Waals surface area (Å²) in [5, 5.41) is 1.04. The first-order valence-electron chi connectivity index (χ1n) is 12.7. The normalized spacial score (nSPS) is 25.0. The predicted octanol–water partition coefficient (Wildman–Crippen LogP) is 6.23. The van der Waals surface area contributed by atoms with Gasteiger partial charge in [-0.25, -0.2) is 0 Å². The Morgan fingerprint density at radius 3 is 2.54 bits per heavy atom.